The number of H-pyrrole nitrogens is 1. The molecule has 0 amide bonds. The van der Waals surface area contributed by atoms with Gasteiger partial charge in [-0.2, -0.15) is 0 Å². The number of thiophene rings is 1. The molecule has 0 aliphatic rings. The van der Waals surface area contributed by atoms with E-state index in [1.165, 1.54) is 11.3 Å². The summed E-state index contributed by atoms with van der Waals surface area (Å²) >= 11 is 1.43. The molecule has 3 heterocycles. The van der Waals surface area contributed by atoms with Gasteiger partial charge >= 0.3 is 0 Å². The molecule has 0 saturated heterocycles. The summed E-state index contributed by atoms with van der Waals surface area (Å²) in [5.74, 6) is 0.0158. The summed E-state index contributed by atoms with van der Waals surface area (Å²) < 4.78 is 0. The van der Waals surface area contributed by atoms with Crippen LogP contribution in [0, 0.1) is 0 Å². The van der Waals surface area contributed by atoms with Gasteiger partial charge < -0.3 is 10.1 Å². The van der Waals surface area contributed by atoms with Crippen molar-refractivity contribution in [2.24, 2.45) is 0 Å². The highest BCUT2D eigenvalue weighted by Gasteiger charge is 2.15. The highest BCUT2D eigenvalue weighted by molar-refractivity contribution is 7.13. The molecule has 0 bridgehead atoms. The summed E-state index contributed by atoms with van der Waals surface area (Å²) in [6, 6.07) is 13.1. The Balaban J connectivity index is 1.99. The summed E-state index contributed by atoms with van der Waals surface area (Å²) in [6.45, 7) is 0. The summed E-state index contributed by atoms with van der Waals surface area (Å²) in [5, 5.41) is 13.2. The summed E-state index contributed by atoms with van der Waals surface area (Å²) in [4.78, 5) is 19.9. The van der Waals surface area contributed by atoms with Gasteiger partial charge in [0.2, 0.25) is 0 Å². The summed E-state index contributed by atoms with van der Waals surface area (Å²) in [5.41, 5.74) is 2.61. The van der Waals surface area contributed by atoms with E-state index in [9.17, 15) is 9.90 Å². The molecule has 112 valence electrons. The van der Waals surface area contributed by atoms with E-state index in [2.05, 4.69) is 9.97 Å². The molecule has 3 aromatic heterocycles. The van der Waals surface area contributed by atoms with Crippen molar-refractivity contribution in [3.05, 3.63) is 70.6 Å². The molecule has 0 radical (unpaired) electrons. The number of benzene rings is 1. The van der Waals surface area contributed by atoms with E-state index in [1.54, 1.807) is 12.4 Å². The van der Waals surface area contributed by atoms with Crippen molar-refractivity contribution in [2.45, 2.75) is 0 Å². The van der Waals surface area contributed by atoms with Crippen LogP contribution in [0.1, 0.15) is 0 Å². The van der Waals surface area contributed by atoms with E-state index in [-0.39, 0.29) is 11.3 Å². The molecule has 0 saturated carbocycles. The van der Waals surface area contributed by atoms with Crippen LogP contribution in [0.4, 0.5) is 0 Å². The number of hydrogen-bond donors (Lipinski definition) is 2. The monoisotopic (exact) mass is 320 g/mol. The Bertz CT molecular complexity index is 1040. The van der Waals surface area contributed by atoms with Crippen LogP contribution in [0.5, 0.6) is 5.75 Å². The molecule has 1 aromatic carbocycles. The molecule has 4 rings (SSSR count). The second-order valence-corrected chi connectivity index (χ2v) is 6.10. The fraction of sp³-hybridized carbons (Fsp3) is 0. The fourth-order valence-corrected chi connectivity index (χ4v) is 3.42. The summed E-state index contributed by atoms with van der Waals surface area (Å²) in [7, 11) is 0. The predicted molar refractivity (Wildman–Crippen MR) is 92.8 cm³/mol. The molecule has 5 heteroatoms. The molecule has 0 aliphatic heterocycles. The number of rotatable bonds is 2. The zero-order valence-corrected chi connectivity index (χ0v) is 12.8. The van der Waals surface area contributed by atoms with Gasteiger partial charge in [-0.25, -0.2) is 0 Å². The van der Waals surface area contributed by atoms with Crippen LogP contribution in [0.25, 0.3) is 32.5 Å². The SMILES string of the molecule is O=c1[nH]c2ccc(-c3ccncc3)cc2c(O)c1-c1cccs1. The van der Waals surface area contributed by atoms with Gasteiger partial charge in [0.15, 0.2) is 0 Å². The summed E-state index contributed by atoms with van der Waals surface area (Å²) in [6.07, 6.45) is 3.45. The van der Waals surface area contributed by atoms with E-state index in [4.69, 9.17) is 0 Å². The number of aromatic hydroxyl groups is 1. The Labute approximate surface area is 135 Å². The Kier molecular flexibility index (Phi) is 3.20. The first-order valence-electron chi connectivity index (χ1n) is 7.07. The number of fused-ring (bicyclic) bond motifs is 1. The normalized spacial score (nSPS) is 11.0. The number of nitrogens with one attached hydrogen (secondary N) is 1. The lowest BCUT2D eigenvalue weighted by Crippen LogP contribution is -2.08. The van der Waals surface area contributed by atoms with Gasteiger partial charge in [0.1, 0.15) is 5.75 Å². The van der Waals surface area contributed by atoms with Crippen molar-refractivity contribution in [3.63, 3.8) is 0 Å². The third-order valence-electron chi connectivity index (χ3n) is 3.77. The van der Waals surface area contributed by atoms with E-state index in [0.717, 1.165) is 16.0 Å². The van der Waals surface area contributed by atoms with Crippen molar-refractivity contribution >= 4 is 22.2 Å². The molecule has 0 unspecified atom stereocenters. The lowest BCUT2D eigenvalue weighted by molar-refractivity contribution is 0.483. The van der Waals surface area contributed by atoms with Crippen molar-refractivity contribution in [1.82, 2.24) is 9.97 Å². The molecule has 23 heavy (non-hydrogen) atoms. The molecule has 2 N–H and O–H groups in total. The van der Waals surface area contributed by atoms with Crippen LogP contribution in [-0.2, 0) is 0 Å². The van der Waals surface area contributed by atoms with Crippen LogP contribution < -0.4 is 5.56 Å². The highest BCUT2D eigenvalue weighted by atomic mass is 32.1. The molecule has 0 atom stereocenters. The lowest BCUT2D eigenvalue weighted by atomic mass is 10.0. The zero-order chi connectivity index (χ0) is 15.8. The van der Waals surface area contributed by atoms with Gasteiger partial charge in [-0.3, -0.25) is 9.78 Å². The molecule has 4 nitrogen and oxygen atoms in total. The highest BCUT2D eigenvalue weighted by Crippen LogP contribution is 2.35. The maximum absolute atomic E-state index is 12.3. The third kappa shape index (κ3) is 2.31. The molecular formula is C18H12N2O2S. The minimum atomic E-state index is -0.283. The fourth-order valence-electron chi connectivity index (χ4n) is 2.65. The van der Waals surface area contributed by atoms with Gasteiger partial charge in [-0.05, 0) is 46.8 Å². The largest absolute Gasteiger partial charge is 0.506 e. The Morgan fingerprint density at radius 3 is 2.61 bits per heavy atom. The van der Waals surface area contributed by atoms with Crippen LogP contribution >= 0.6 is 11.3 Å². The molecule has 4 aromatic rings. The molecule has 0 aliphatic carbocycles. The van der Waals surface area contributed by atoms with Gasteiger partial charge in [0.25, 0.3) is 5.56 Å². The van der Waals surface area contributed by atoms with E-state index in [0.29, 0.717) is 16.5 Å². The smallest absolute Gasteiger partial charge is 0.260 e. The van der Waals surface area contributed by atoms with Crippen molar-refractivity contribution in [1.29, 1.82) is 0 Å². The van der Waals surface area contributed by atoms with E-state index in [1.807, 2.05) is 47.8 Å². The van der Waals surface area contributed by atoms with Crippen molar-refractivity contribution in [3.8, 4) is 27.3 Å². The molecule has 0 spiro atoms. The van der Waals surface area contributed by atoms with Gasteiger partial charge in [0.05, 0.1) is 11.1 Å². The Hall–Kier alpha value is -2.92. The number of aromatic amines is 1. The minimum absolute atomic E-state index is 0.0158. The second-order valence-electron chi connectivity index (χ2n) is 5.15. The molecule has 0 fully saturated rings. The first-order valence-corrected chi connectivity index (χ1v) is 7.95. The van der Waals surface area contributed by atoms with Crippen molar-refractivity contribution in [2.75, 3.05) is 0 Å². The maximum Gasteiger partial charge on any atom is 0.260 e. The topological polar surface area (TPSA) is 66.0 Å². The van der Waals surface area contributed by atoms with E-state index >= 15 is 0 Å². The van der Waals surface area contributed by atoms with Gasteiger partial charge in [-0.15, -0.1) is 11.3 Å². The van der Waals surface area contributed by atoms with Crippen LogP contribution in [0.2, 0.25) is 0 Å². The number of aromatic nitrogens is 2. The first-order chi connectivity index (χ1) is 11.2. The zero-order valence-electron chi connectivity index (χ0n) is 12.0. The maximum atomic E-state index is 12.3. The standard InChI is InChI=1S/C18H12N2O2S/c21-17-13-10-12(11-5-7-19-8-6-11)3-4-14(13)20-18(22)16(17)15-2-1-9-23-15/h1-10H,(H2,20,21,22). The van der Waals surface area contributed by atoms with Crippen LogP contribution in [0.15, 0.2) is 65.0 Å². The lowest BCUT2D eigenvalue weighted by Gasteiger charge is -2.08. The van der Waals surface area contributed by atoms with Crippen LogP contribution in [0.3, 0.4) is 0 Å². The quantitative estimate of drug-likeness (QED) is 0.586. The number of pyridine rings is 2. The molecular weight excluding hydrogens is 308 g/mol. The number of nitrogens with zero attached hydrogens (tertiary/aromatic N) is 1. The second kappa shape index (κ2) is 5.37. The van der Waals surface area contributed by atoms with E-state index < -0.39 is 0 Å². The average molecular weight is 320 g/mol. The number of hydrogen-bond acceptors (Lipinski definition) is 4. The third-order valence-corrected chi connectivity index (χ3v) is 4.66. The first kappa shape index (κ1) is 13.7. The predicted octanol–water partition coefficient (Wildman–Crippen LogP) is 4.02. The minimum Gasteiger partial charge on any atom is -0.506 e. The van der Waals surface area contributed by atoms with Crippen LogP contribution in [-0.4, -0.2) is 15.1 Å². The van der Waals surface area contributed by atoms with Gasteiger partial charge in [0, 0.05) is 22.7 Å². The van der Waals surface area contributed by atoms with Gasteiger partial charge in [-0.1, -0.05) is 12.1 Å². The average Bonchev–Trinajstić information content (AvgIpc) is 3.09. The van der Waals surface area contributed by atoms with Crippen molar-refractivity contribution < 1.29 is 5.11 Å². The Morgan fingerprint density at radius 1 is 1.04 bits per heavy atom. The Morgan fingerprint density at radius 2 is 1.87 bits per heavy atom.